The van der Waals surface area contributed by atoms with E-state index in [-0.39, 0.29) is 11.9 Å². The van der Waals surface area contributed by atoms with Crippen LogP contribution in [0.5, 0.6) is 0 Å². The number of nitrogens with zero attached hydrogens (tertiary/aromatic N) is 1. The predicted octanol–water partition coefficient (Wildman–Crippen LogP) is 2.90. The number of hydrogen-bond acceptors (Lipinski definition) is 4. The molecule has 0 spiro atoms. The molecule has 1 atom stereocenters. The monoisotopic (exact) mass is 356 g/mol. The first kappa shape index (κ1) is 17.4. The number of amides is 1. The summed E-state index contributed by atoms with van der Waals surface area (Å²) in [7, 11) is 0. The fourth-order valence-corrected chi connectivity index (χ4v) is 3.54. The van der Waals surface area contributed by atoms with Crippen molar-refractivity contribution in [2.45, 2.75) is 26.3 Å². The number of thiophene rings is 1. The number of benzene rings is 1. The maximum atomic E-state index is 12.2. The maximum Gasteiger partial charge on any atom is 0.280 e. The summed E-state index contributed by atoms with van der Waals surface area (Å²) >= 11 is 1.70. The molecule has 0 fully saturated rings. The molecule has 0 aliphatic heterocycles. The predicted molar refractivity (Wildman–Crippen MR) is 98.6 cm³/mol. The van der Waals surface area contributed by atoms with Crippen molar-refractivity contribution in [3.8, 4) is 0 Å². The first-order valence-corrected chi connectivity index (χ1v) is 9.22. The molecular formula is C19H22N3O2S+. The summed E-state index contributed by atoms with van der Waals surface area (Å²) in [5.41, 5.74) is 2.51. The zero-order valence-corrected chi connectivity index (χ0v) is 15.2. The number of aromatic nitrogens is 1. The summed E-state index contributed by atoms with van der Waals surface area (Å²) in [6.45, 7) is 4.25. The molecule has 0 bridgehead atoms. The van der Waals surface area contributed by atoms with Crippen LogP contribution in [0, 0.1) is 6.92 Å². The van der Waals surface area contributed by atoms with E-state index in [9.17, 15) is 4.79 Å². The van der Waals surface area contributed by atoms with Gasteiger partial charge < -0.3 is 15.2 Å². The minimum absolute atomic E-state index is 0.0972. The van der Waals surface area contributed by atoms with Crippen molar-refractivity contribution < 1.29 is 14.6 Å². The Morgan fingerprint density at radius 3 is 2.72 bits per heavy atom. The van der Waals surface area contributed by atoms with Crippen LogP contribution in [0.15, 0.2) is 52.4 Å². The van der Waals surface area contributed by atoms with Gasteiger partial charge in [0.15, 0.2) is 12.4 Å². The molecule has 3 rings (SSSR count). The van der Waals surface area contributed by atoms with Gasteiger partial charge in [0.1, 0.15) is 11.8 Å². The van der Waals surface area contributed by atoms with E-state index in [1.807, 2.05) is 6.07 Å². The summed E-state index contributed by atoms with van der Waals surface area (Å²) in [5, 5.41) is 10.7. The highest BCUT2D eigenvalue weighted by Gasteiger charge is 2.20. The van der Waals surface area contributed by atoms with E-state index < -0.39 is 0 Å². The molecule has 1 aromatic carbocycles. The van der Waals surface area contributed by atoms with Gasteiger partial charge in [-0.1, -0.05) is 42.4 Å². The molecule has 0 saturated carbocycles. The average Bonchev–Trinajstić information content (AvgIpc) is 3.28. The number of rotatable bonds is 7. The Hall–Kier alpha value is -2.44. The van der Waals surface area contributed by atoms with Crippen molar-refractivity contribution >= 4 is 23.1 Å². The third-order valence-corrected chi connectivity index (χ3v) is 4.99. The van der Waals surface area contributed by atoms with Gasteiger partial charge in [-0.05, 0) is 30.4 Å². The molecule has 2 heterocycles. The third kappa shape index (κ3) is 4.55. The Morgan fingerprint density at radius 2 is 2.12 bits per heavy atom. The fourth-order valence-electron chi connectivity index (χ4n) is 2.69. The molecule has 6 heteroatoms. The number of quaternary nitrogens is 1. The lowest BCUT2D eigenvalue weighted by atomic mass is 10.0. The minimum atomic E-state index is -0.0972. The molecule has 0 aliphatic rings. The topological polar surface area (TPSA) is 71.7 Å². The van der Waals surface area contributed by atoms with Crippen molar-refractivity contribution in [2.75, 3.05) is 11.9 Å². The van der Waals surface area contributed by atoms with E-state index in [0.29, 0.717) is 18.1 Å². The minimum Gasteiger partial charge on any atom is -0.360 e. The van der Waals surface area contributed by atoms with Gasteiger partial charge in [-0.2, -0.15) is 0 Å². The van der Waals surface area contributed by atoms with Gasteiger partial charge in [0.05, 0.1) is 4.88 Å². The normalized spacial score (nSPS) is 12.1. The van der Waals surface area contributed by atoms with Crippen LogP contribution < -0.4 is 10.6 Å². The Labute approximate surface area is 151 Å². The molecule has 1 amide bonds. The van der Waals surface area contributed by atoms with Crippen LogP contribution in [0.4, 0.5) is 5.82 Å². The van der Waals surface area contributed by atoms with Gasteiger partial charge in [-0.15, -0.1) is 11.3 Å². The molecule has 0 unspecified atom stereocenters. The molecule has 130 valence electrons. The molecule has 2 aromatic heterocycles. The second-order valence-electron chi connectivity index (χ2n) is 5.90. The van der Waals surface area contributed by atoms with Crippen LogP contribution in [0.2, 0.25) is 0 Å². The SMILES string of the molecule is CCc1ccc([C@H]([NH2+]CC(=O)Nc2cc(C)on2)c2cccs2)cc1. The van der Waals surface area contributed by atoms with E-state index in [2.05, 4.69) is 58.4 Å². The van der Waals surface area contributed by atoms with E-state index in [1.165, 1.54) is 16.0 Å². The quantitative estimate of drug-likeness (QED) is 0.684. The lowest BCUT2D eigenvalue weighted by molar-refractivity contribution is -0.675. The summed E-state index contributed by atoms with van der Waals surface area (Å²) < 4.78 is 4.97. The smallest absolute Gasteiger partial charge is 0.280 e. The van der Waals surface area contributed by atoms with Crippen molar-refractivity contribution in [3.05, 3.63) is 69.6 Å². The summed E-state index contributed by atoms with van der Waals surface area (Å²) in [6, 6.07) is 14.6. The largest absolute Gasteiger partial charge is 0.360 e. The molecule has 5 nitrogen and oxygen atoms in total. The Bertz CT molecular complexity index is 810. The number of nitrogens with one attached hydrogen (secondary N) is 1. The second-order valence-corrected chi connectivity index (χ2v) is 6.88. The number of anilines is 1. The summed E-state index contributed by atoms with van der Waals surface area (Å²) in [6.07, 6.45) is 1.02. The van der Waals surface area contributed by atoms with Crippen LogP contribution in [-0.2, 0) is 11.2 Å². The van der Waals surface area contributed by atoms with Crippen molar-refractivity contribution in [2.24, 2.45) is 0 Å². The van der Waals surface area contributed by atoms with Crippen molar-refractivity contribution in [1.29, 1.82) is 0 Å². The lowest BCUT2D eigenvalue weighted by Crippen LogP contribution is -2.87. The second kappa shape index (κ2) is 8.09. The van der Waals surface area contributed by atoms with E-state index in [1.54, 1.807) is 24.3 Å². The average molecular weight is 356 g/mol. The maximum absolute atomic E-state index is 12.2. The fraction of sp³-hybridized carbons (Fsp3) is 0.263. The van der Waals surface area contributed by atoms with Crippen LogP contribution >= 0.6 is 11.3 Å². The van der Waals surface area contributed by atoms with Crippen molar-refractivity contribution in [1.82, 2.24) is 5.16 Å². The van der Waals surface area contributed by atoms with Crippen molar-refractivity contribution in [3.63, 3.8) is 0 Å². The molecule has 0 radical (unpaired) electrons. The number of nitrogens with two attached hydrogens (primary N) is 1. The number of carbonyl (C=O) groups is 1. The van der Waals surface area contributed by atoms with E-state index >= 15 is 0 Å². The summed E-state index contributed by atoms with van der Waals surface area (Å²) in [5.74, 6) is 1.03. The van der Waals surface area contributed by atoms with E-state index in [0.717, 1.165) is 6.42 Å². The van der Waals surface area contributed by atoms with Gasteiger partial charge >= 0.3 is 0 Å². The first-order valence-electron chi connectivity index (χ1n) is 8.34. The van der Waals surface area contributed by atoms with Gasteiger partial charge in [0.2, 0.25) is 0 Å². The Kier molecular flexibility index (Phi) is 5.63. The van der Waals surface area contributed by atoms with Crippen LogP contribution in [-0.4, -0.2) is 17.6 Å². The van der Waals surface area contributed by atoms with Crippen LogP contribution in [0.25, 0.3) is 0 Å². The lowest BCUT2D eigenvalue weighted by Gasteiger charge is -2.15. The third-order valence-electron chi connectivity index (χ3n) is 4.03. The zero-order chi connectivity index (χ0) is 17.6. The molecule has 25 heavy (non-hydrogen) atoms. The number of carbonyl (C=O) groups excluding carboxylic acids is 1. The highest BCUT2D eigenvalue weighted by molar-refractivity contribution is 7.10. The molecule has 0 aliphatic carbocycles. The van der Waals surface area contributed by atoms with Gasteiger partial charge in [0.25, 0.3) is 5.91 Å². The number of aryl methyl sites for hydroxylation is 2. The van der Waals surface area contributed by atoms with Crippen LogP contribution in [0.1, 0.15) is 34.7 Å². The Morgan fingerprint density at radius 1 is 1.32 bits per heavy atom. The standard InChI is InChI=1S/C19H21N3O2S/c1-3-14-6-8-15(9-7-14)19(16-5-4-10-25-16)20-12-18(23)21-17-11-13(2)24-22-17/h4-11,19-20H,3,12H2,1-2H3,(H,21,22,23)/p+1/t19-/m0/s1. The highest BCUT2D eigenvalue weighted by atomic mass is 32.1. The first-order chi connectivity index (χ1) is 12.2. The highest BCUT2D eigenvalue weighted by Crippen LogP contribution is 2.23. The molecule has 3 N–H and O–H groups in total. The van der Waals surface area contributed by atoms with Crippen LogP contribution in [0.3, 0.4) is 0 Å². The van der Waals surface area contributed by atoms with Gasteiger partial charge in [-0.3, -0.25) is 4.79 Å². The van der Waals surface area contributed by atoms with Gasteiger partial charge in [-0.25, -0.2) is 0 Å². The van der Waals surface area contributed by atoms with E-state index in [4.69, 9.17) is 4.52 Å². The molecular weight excluding hydrogens is 334 g/mol. The zero-order valence-electron chi connectivity index (χ0n) is 14.4. The Balaban J connectivity index is 1.68. The summed E-state index contributed by atoms with van der Waals surface area (Å²) in [4.78, 5) is 13.4. The molecule has 3 aromatic rings. The van der Waals surface area contributed by atoms with Gasteiger partial charge in [0, 0.05) is 11.6 Å². The molecule has 0 saturated heterocycles. The number of hydrogen-bond donors (Lipinski definition) is 2.